The monoisotopic (exact) mass is 431 g/mol. The number of imide groups is 1. The van der Waals surface area contributed by atoms with Crippen molar-refractivity contribution < 1.29 is 19.1 Å². The van der Waals surface area contributed by atoms with Gasteiger partial charge in [0.15, 0.2) is 0 Å². The highest BCUT2D eigenvalue weighted by atomic mass is 32.2. The van der Waals surface area contributed by atoms with E-state index in [0.29, 0.717) is 27.5 Å². The lowest BCUT2D eigenvalue weighted by Gasteiger charge is -2.17. The van der Waals surface area contributed by atoms with Gasteiger partial charge in [-0.05, 0) is 35.9 Å². The normalized spacial score (nSPS) is 13.7. The van der Waals surface area contributed by atoms with Crippen molar-refractivity contribution in [1.82, 2.24) is 4.90 Å². The molecular weight excluding hydrogens is 410 g/mol. The van der Waals surface area contributed by atoms with Crippen molar-refractivity contribution in [2.75, 3.05) is 14.2 Å². The molecule has 0 bridgehead atoms. The molecule has 0 atom stereocenters. The highest BCUT2D eigenvalue weighted by Gasteiger charge is 2.39. The molecule has 0 unspecified atom stereocenters. The van der Waals surface area contributed by atoms with E-state index in [0.717, 1.165) is 10.5 Å². The van der Waals surface area contributed by atoms with Crippen molar-refractivity contribution in [2.45, 2.75) is 11.4 Å². The zero-order chi connectivity index (χ0) is 21.8. The second-order valence-electron chi connectivity index (χ2n) is 6.86. The van der Waals surface area contributed by atoms with Gasteiger partial charge in [-0.15, -0.1) is 0 Å². The van der Waals surface area contributed by atoms with E-state index in [4.69, 9.17) is 9.47 Å². The smallest absolute Gasteiger partial charge is 0.268 e. The molecule has 0 saturated carbocycles. The van der Waals surface area contributed by atoms with Crippen LogP contribution in [0.5, 0.6) is 11.5 Å². The van der Waals surface area contributed by atoms with Crippen LogP contribution in [-0.4, -0.2) is 30.9 Å². The van der Waals surface area contributed by atoms with Crippen molar-refractivity contribution in [1.29, 1.82) is 0 Å². The lowest BCUT2D eigenvalue weighted by Crippen LogP contribution is -2.31. The number of ether oxygens (including phenoxy) is 2. The van der Waals surface area contributed by atoms with Gasteiger partial charge in [-0.25, -0.2) is 0 Å². The maximum atomic E-state index is 13.4. The number of nitrogens with zero attached hydrogens (tertiary/aromatic N) is 1. The summed E-state index contributed by atoms with van der Waals surface area (Å²) in [6, 6.07) is 24.1. The van der Waals surface area contributed by atoms with E-state index >= 15 is 0 Å². The molecule has 1 aliphatic rings. The maximum absolute atomic E-state index is 13.4. The Morgan fingerprint density at radius 3 is 2.13 bits per heavy atom. The first-order valence-corrected chi connectivity index (χ1v) is 10.5. The van der Waals surface area contributed by atoms with Crippen LogP contribution >= 0.6 is 11.8 Å². The fourth-order valence-electron chi connectivity index (χ4n) is 3.41. The topological polar surface area (TPSA) is 55.8 Å². The van der Waals surface area contributed by atoms with Gasteiger partial charge < -0.3 is 9.47 Å². The molecule has 31 heavy (non-hydrogen) atoms. The summed E-state index contributed by atoms with van der Waals surface area (Å²) >= 11 is 1.31. The van der Waals surface area contributed by atoms with Gasteiger partial charge in [0.05, 0.1) is 31.2 Å². The van der Waals surface area contributed by atoms with Crippen molar-refractivity contribution in [2.24, 2.45) is 0 Å². The SMILES string of the molecule is COc1ccc(C2=C(Sc3ccccc3)C(=O)N(Cc3ccccc3OC)C2=O)cc1. The molecule has 2 amide bonds. The molecule has 0 radical (unpaired) electrons. The minimum Gasteiger partial charge on any atom is -0.497 e. The first kappa shape index (κ1) is 20.8. The van der Waals surface area contributed by atoms with Crippen LogP contribution in [0.3, 0.4) is 0 Å². The number of thioether (sulfide) groups is 1. The maximum Gasteiger partial charge on any atom is 0.268 e. The van der Waals surface area contributed by atoms with Gasteiger partial charge in [0.25, 0.3) is 11.8 Å². The average molecular weight is 432 g/mol. The zero-order valence-corrected chi connectivity index (χ0v) is 18.0. The first-order chi connectivity index (χ1) is 15.1. The molecule has 3 aromatic carbocycles. The van der Waals surface area contributed by atoms with Gasteiger partial charge in [0.1, 0.15) is 11.5 Å². The Hall–Kier alpha value is -3.51. The second-order valence-corrected chi connectivity index (χ2v) is 7.94. The third-order valence-corrected chi connectivity index (χ3v) is 6.08. The lowest BCUT2D eigenvalue weighted by atomic mass is 10.1. The molecule has 0 aromatic heterocycles. The number of carbonyl (C=O) groups is 2. The second kappa shape index (κ2) is 9.10. The molecule has 0 spiro atoms. The van der Waals surface area contributed by atoms with E-state index < -0.39 is 0 Å². The standard InChI is InChI=1S/C25H21NO4S/c1-29-19-14-12-17(13-15-19)22-23(31-20-9-4-3-5-10-20)25(28)26(24(22)27)16-18-8-6-7-11-21(18)30-2/h3-15H,16H2,1-2H3. The minimum atomic E-state index is -0.320. The number of hydrogen-bond donors (Lipinski definition) is 0. The van der Waals surface area contributed by atoms with Gasteiger partial charge in [0.2, 0.25) is 0 Å². The highest BCUT2D eigenvalue weighted by Crippen LogP contribution is 2.40. The third kappa shape index (κ3) is 4.20. The Morgan fingerprint density at radius 2 is 1.45 bits per heavy atom. The van der Waals surface area contributed by atoms with Gasteiger partial charge in [-0.1, -0.05) is 60.3 Å². The van der Waals surface area contributed by atoms with E-state index in [9.17, 15) is 9.59 Å². The molecule has 1 heterocycles. The molecule has 5 nitrogen and oxygen atoms in total. The number of para-hydroxylation sites is 1. The van der Waals surface area contributed by atoms with Crippen LogP contribution in [0.1, 0.15) is 11.1 Å². The van der Waals surface area contributed by atoms with Crippen LogP contribution in [-0.2, 0) is 16.1 Å². The fourth-order valence-corrected chi connectivity index (χ4v) is 4.45. The Morgan fingerprint density at radius 1 is 0.774 bits per heavy atom. The fraction of sp³-hybridized carbons (Fsp3) is 0.120. The first-order valence-electron chi connectivity index (χ1n) is 9.72. The molecule has 0 N–H and O–H groups in total. The van der Waals surface area contributed by atoms with E-state index in [-0.39, 0.29) is 18.4 Å². The summed E-state index contributed by atoms with van der Waals surface area (Å²) in [6.45, 7) is 0.139. The Bertz CT molecular complexity index is 1140. The molecule has 0 saturated heterocycles. The van der Waals surface area contributed by atoms with Gasteiger partial charge in [-0.2, -0.15) is 0 Å². The molecule has 156 valence electrons. The van der Waals surface area contributed by atoms with Crippen molar-refractivity contribution in [3.63, 3.8) is 0 Å². The van der Waals surface area contributed by atoms with Crippen LogP contribution < -0.4 is 9.47 Å². The Labute approximate surface area is 185 Å². The summed E-state index contributed by atoms with van der Waals surface area (Å²) in [4.78, 5) is 29.4. The predicted molar refractivity (Wildman–Crippen MR) is 121 cm³/mol. The van der Waals surface area contributed by atoms with Crippen LogP contribution in [0, 0.1) is 0 Å². The number of amides is 2. The lowest BCUT2D eigenvalue weighted by molar-refractivity contribution is -0.137. The van der Waals surface area contributed by atoms with E-state index in [1.165, 1.54) is 16.7 Å². The van der Waals surface area contributed by atoms with Crippen LogP contribution in [0.15, 0.2) is 88.7 Å². The predicted octanol–water partition coefficient (Wildman–Crippen LogP) is 4.78. The summed E-state index contributed by atoms with van der Waals surface area (Å²) in [5.74, 6) is 0.692. The molecule has 0 aliphatic carbocycles. The van der Waals surface area contributed by atoms with E-state index in [1.807, 2.05) is 54.6 Å². The average Bonchev–Trinajstić information content (AvgIpc) is 3.04. The zero-order valence-electron chi connectivity index (χ0n) is 17.2. The number of carbonyl (C=O) groups excluding carboxylic acids is 2. The summed E-state index contributed by atoms with van der Waals surface area (Å²) in [5, 5.41) is 0. The Balaban J connectivity index is 1.74. The highest BCUT2D eigenvalue weighted by molar-refractivity contribution is 8.04. The van der Waals surface area contributed by atoms with Crippen molar-refractivity contribution in [3.8, 4) is 11.5 Å². The number of hydrogen-bond acceptors (Lipinski definition) is 5. The van der Waals surface area contributed by atoms with Crippen LogP contribution in [0.2, 0.25) is 0 Å². The van der Waals surface area contributed by atoms with E-state index in [1.54, 1.807) is 38.5 Å². The van der Waals surface area contributed by atoms with Crippen LogP contribution in [0.4, 0.5) is 0 Å². The largest absolute Gasteiger partial charge is 0.497 e. The van der Waals surface area contributed by atoms with E-state index in [2.05, 4.69) is 0 Å². The quantitative estimate of drug-likeness (QED) is 0.504. The molecule has 3 aromatic rings. The molecule has 6 heteroatoms. The van der Waals surface area contributed by atoms with Gasteiger partial charge >= 0.3 is 0 Å². The van der Waals surface area contributed by atoms with Crippen molar-refractivity contribution in [3.05, 3.63) is 94.9 Å². The summed E-state index contributed by atoms with van der Waals surface area (Å²) in [6.07, 6.45) is 0. The molecule has 4 rings (SSSR count). The number of methoxy groups -OCH3 is 2. The van der Waals surface area contributed by atoms with Gasteiger partial charge in [0, 0.05) is 10.5 Å². The molecule has 0 fully saturated rings. The molecule has 1 aliphatic heterocycles. The third-order valence-electron chi connectivity index (χ3n) is 4.99. The summed E-state index contributed by atoms with van der Waals surface area (Å²) < 4.78 is 10.6. The number of rotatable bonds is 7. The number of benzene rings is 3. The van der Waals surface area contributed by atoms with Crippen LogP contribution in [0.25, 0.3) is 5.57 Å². The summed E-state index contributed by atoms with van der Waals surface area (Å²) in [5.41, 5.74) is 1.85. The molecular formula is C25H21NO4S. The minimum absolute atomic E-state index is 0.139. The van der Waals surface area contributed by atoms with Crippen molar-refractivity contribution >= 4 is 29.1 Å². The van der Waals surface area contributed by atoms with Gasteiger partial charge in [-0.3, -0.25) is 14.5 Å². The Kier molecular flexibility index (Phi) is 6.09. The summed E-state index contributed by atoms with van der Waals surface area (Å²) in [7, 11) is 3.16.